The van der Waals surface area contributed by atoms with Crippen LogP contribution >= 0.6 is 0 Å². The monoisotopic (exact) mass is 485 g/mol. The smallest absolute Gasteiger partial charge is 0.358 e. The van der Waals surface area contributed by atoms with E-state index in [1.165, 1.54) is 64.0 Å². The van der Waals surface area contributed by atoms with Gasteiger partial charge in [-0.3, -0.25) is 4.79 Å². The van der Waals surface area contributed by atoms with Gasteiger partial charge in [0.25, 0.3) is 5.91 Å². The minimum Gasteiger partial charge on any atom is -0.476 e. The lowest BCUT2D eigenvalue weighted by atomic mass is 9.99. The number of hydrogen-bond donors (Lipinski definition) is 1. The normalized spacial score (nSPS) is 12.8. The van der Waals surface area contributed by atoms with E-state index in [9.17, 15) is 9.59 Å². The van der Waals surface area contributed by atoms with Gasteiger partial charge in [-0.05, 0) is 71.1 Å². The van der Waals surface area contributed by atoms with Crippen LogP contribution in [0.15, 0.2) is 22.7 Å². The van der Waals surface area contributed by atoms with Gasteiger partial charge in [-0.25, -0.2) is 4.79 Å². The van der Waals surface area contributed by atoms with Crippen LogP contribution in [-0.4, -0.2) is 58.6 Å². The van der Waals surface area contributed by atoms with Crippen molar-refractivity contribution in [1.29, 1.82) is 0 Å². The van der Waals surface area contributed by atoms with Gasteiger partial charge in [0.2, 0.25) is 0 Å². The fourth-order valence-corrected chi connectivity index (χ4v) is 4.32. The van der Waals surface area contributed by atoms with Crippen molar-refractivity contribution < 1.29 is 19.2 Å². The molecule has 1 aromatic heterocycles. The van der Waals surface area contributed by atoms with Crippen LogP contribution in [0.2, 0.25) is 0 Å². The van der Waals surface area contributed by atoms with E-state index in [2.05, 4.69) is 31.1 Å². The van der Waals surface area contributed by atoms with Crippen molar-refractivity contribution >= 4 is 11.9 Å². The summed E-state index contributed by atoms with van der Waals surface area (Å²) in [7, 11) is 4.31. The third-order valence-electron chi connectivity index (χ3n) is 6.33. The van der Waals surface area contributed by atoms with E-state index in [-0.39, 0.29) is 17.6 Å². The van der Waals surface area contributed by atoms with Crippen molar-refractivity contribution in [2.24, 2.45) is 0 Å². The van der Waals surface area contributed by atoms with E-state index in [0.29, 0.717) is 12.3 Å². The second-order valence-corrected chi connectivity index (χ2v) is 10.0. The Kier molecular flexibility index (Phi) is 11.4. The molecule has 2 aromatic rings. The molecular weight excluding hydrogens is 442 g/mol. The molecule has 7 nitrogen and oxygen atoms in total. The Morgan fingerprint density at radius 3 is 2.26 bits per heavy atom. The van der Waals surface area contributed by atoms with Crippen molar-refractivity contribution in [2.75, 3.05) is 20.6 Å². The minimum absolute atomic E-state index is 0.0397. The maximum Gasteiger partial charge on any atom is 0.358 e. The van der Waals surface area contributed by atoms with E-state index >= 15 is 0 Å². The number of carboxylic acids is 1. The molecule has 35 heavy (non-hydrogen) atoms. The lowest BCUT2D eigenvalue weighted by Gasteiger charge is -2.19. The van der Waals surface area contributed by atoms with Gasteiger partial charge in [-0.1, -0.05) is 57.0 Å². The molecule has 2 heterocycles. The van der Waals surface area contributed by atoms with Crippen LogP contribution in [0.3, 0.4) is 0 Å². The predicted octanol–water partition coefficient (Wildman–Crippen LogP) is 6.40. The van der Waals surface area contributed by atoms with Gasteiger partial charge in [0.1, 0.15) is 0 Å². The molecule has 1 N–H and O–H groups in total. The number of unbranched alkanes of at least 4 members (excludes halogenated alkanes) is 7. The summed E-state index contributed by atoms with van der Waals surface area (Å²) < 4.78 is 5.10. The summed E-state index contributed by atoms with van der Waals surface area (Å²) in [5.41, 5.74) is 3.12. The molecule has 0 saturated carbocycles. The van der Waals surface area contributed by atoms with Gasteiger partial charge in [0.05, 0.1) is 0 Å². The Hall–Kier alpha value is -2.67. The fourth-order valence-electron chi connectivity index (χ4n) is 4.32. The van der Waals surface area contributed by atoms with E-state index < -0.39 is 5.97 Å². The summed E-state index contributed by atoms with van der Waals surface area (Å²) in [5.74, 6) is -0.703. The molecule has 1 aliphatic rings. The van der Waals surface area contributed by atoms with Gasteiger partial charge in [-0.2, -0.15) is 0 Å². The number of aromatic carboxylic acids is 1. The molecule has 7 heteroatoms. The molecule has 1 aliphatic heterocycles. The Balaban J connectivity index is 0.000000287. The third-order valence-corrected chi connectivity index (χ3v) is 6.33. The molecule has 0 saturated heterocycles. The number of benzene rings is 1. The number of hydrogen-bond acceptors (Lipinski definition) is 5. The first-order valence-electron chi connectivity index (χ1n) is 12.9. The van der Waals surface area contributed by atoms with E-state index in [1.807, 2.05) is 37.8 Å². The predicted molar refractivity (Wildman–Crippen MR) is 140 cm³/mol. The minimum atomic E-state index is -1.13. The average Bonchev–Trinajstić information content (AvgIpc) is 3.41. The maximum absolute atomic E-state index is 12.4. The van der Waals surface area contributed by atoms with Gasteiger partial charge >= 0.3 is 5.97 Å². The van der Waals surface area contributed by atoms with E-state index in [1.54, 1.807) is 0 Å². The fraction of sp³-hybridized carbons (Fsp3) is 0.607. The van der Waals surface area contributed by atoms with E-state index in [4.69, 9.17) is 9.63 Å². The summed E-state index contributed by atoms with van der Waals surface area (Å²) in [5, 5.41) is 12.4. The number of nitrogens with zero attached hydrogens (tertiary/aromatic N) is 3. The number of aromatic nitrogens is 1. The molecule has 0 bridgehead atoms. The van der Waals surface area contributed by atoms with E-state index in [0.717, 1.165) is 22.3 Å². The molecule has 0 fully saturated rings. The highest BCUT2D eigenvalue weighted by Gasteiger charge is 2.31. The lowest BCUT2D eigenvalue weighted by Crippen LogP contribution is -2.30. The third kappa shape index (κ3) is 8.49. The number of amides is 1. The summed E-state index contributed by atoms with van der Waals surface area (Å²) in [6, 6.07) is 5.22. The maximum atomic E-state index is 12.4. The van der Waals surface area contributed by atoms with Gasteiger partial charge in [0.15, 0.2) is 11.5 Å². The number of aryl methyl sites for hydroxylation is 1. The summed E-state index contributed by atoms with van der Waals surface area (Å²) in [6.45, 7) is 9.93. The van der Waals surface area contributed by atoms with Crippen LogP contribution < -0.4 is 0 Å². The number of fused-ring (bicyclic) bond motifs is 1. The molecule has 3 rings (SSSR count). The van der Waals surface area contributed by atoms with Gasteiger partial charge < -0.3 is 19.4 Å². The Bertz CT molecular complexity index is 965. The first-order valence-corrected chi connectivity index (χ1v) is 12.9. The number of carbonyl (C=O) groups excluding carboxylic acids is 1. The molecule has 0 radical (unpaired) electrons. The quantitative estimate of drug-likeness (QED) is 0.350. The number of carboxylic acid groups (broad SMARTS) is 1. The molecule has 0 spiro atoms. The van der Waals surface area contributed by atoms with Crippen LogP contribution in [0.1, 0.15) is 104 Å². The first-order chi connectivity index (χ1) is 16.6. The van der Waals surface area contributed by atoms with Crippen molar-refractivity contribution in [1.82, 2.24) is 15.0 Å². The Labute approximate surface area is 210 Å². The second kappa shape index (κ2) is 14.0. The van der Waals surface area contributed by atoms with Crippen molar-refractivity contribution in [3.8, 4) is 11.3 Å². The topological polar surface area (TPSA) is 86.9 Å². The summed E-state index contributed by atoms with van der Waals surface area (Å²) in [6.07, 6.45) is 11.4. The van der Waals surface area contributed by atoms with Crippen molar-refractivity contribution in [2.45, 2.75) is 91.6 Å². The summed E-state index contributed by atoms with van der Waals surface area (Å²) >= 11 is 0. The molecule has 194 valence electrons. The van der Waals surface area contributed by atoms with Crippen molar-refractivity contribution in [3.05, 3.63) is 40.6 Å². The average molecular weight is 486 g/mol. The van der Waals surface area contributed by atoms with Crippen LogP contribution in [-0.2, 0) is 6.54 Å². The Morgan fingerprint density at radius 1 is 1.09 bits per heavy atom. The zero-order chi connectivity index (χ0) is 26.0. The molecule has 1 amide bonds. The van der Waals surface area contributed by atoms with Crippen LogP contribution in [0.25, 0.3) is 11.3 Å². The van der Waals surface area contributed by atoms with Gasteiger partial charge in [0, 0.05) is 29.8 Å². The highest BCUT2D eigenvalue weighted by Crippen LogP contribution is 2.32. The summed E-state index contributed by atoms with van der Waals surface area (Å²) in [4.78, 5) is 27.4. The lowest BCUT2D eigenvalue weighted by molar-refractivity contribution is 0.0684. The number of carbonyl (C=O) groups is 2. The molecular formula is C28H43N3O4. The molecule has 0 unspecified atom stereocenters. The van der Waals surface area contributed by atoms with Crippen LogP contribution in [0, 0.1) is 6.92 Å². The highest BCUT2D eigenvalue weighted by atomic mass is 16.5. The van der Waals surface area contributed by atoms with Crippen LogP contribution in [0.4, 0.5) is 0 Å². The zero-order valence-electron chi connectivity index (χ0n) is 22.4. The molecule has 1 aromatic carbocycles. The largest absolute Gasteiger partial charge is 0.476 e. The standard InChI is InChI=1S/C16H16N2O4.C12H27N/c1-8(2)18-7-11-5-10(4-9(3)14(11)15(18)19)13-6-12(16(20)21)17-22-13;1-4-5-6-7-8-9-10-11-12-13(2)3/h4-6,8H,7H2,1-3H3,(H,20,21);4-12H2,1-3H3. The molecule has 0 aliphatic carbocycles. The van der Waals surface area contributed by atoms with Crippen LogP contribution in [0.5, 0.6) is 0 Å². The SMILES string of the molecule is CCCCCCCCCCN(C)C.Cc1cc(-c2cc(C(=O)O)no2)cc2c1C(=O)N(C(C)C)C2. The highest BCUT2D eigenvalue weighted by molar-refractivity contribution is 6.00. The Morgan fingerprint density at radius 2 is 1.71 bits per heavy atom. The van der Waals surface area contributed by atoms with Crippen molar-refractivity contribution in [3.63, 3.8) is 0 Å². The molecule has 0 atom stereocenters. The number of rotatable bonds is 12. The van der Waals surface area contributed by atoms with Gasteiger partial charge in [-0.15, -0.1) is 0 Å². The zero-order valence-corrected chi connectivity index (χ0v) is 22.4. The second-order valence-electron chi connectivity index (χ2n) is 10.0. The first kappa shape index (κ1) is 28.6.